The molecule has 1 N–H and O–H groups in total. The van der Waals surface area contributed by atoms with Gasteiger partial charge in [0.05, 0.1) is 38.4 Å². The molecule has 4 aromatic carbocycles. The second-order valence-electron chi connectivity index (χ2n) is 8.12. The van der Waals surface area contributed by atoms with Gasteiger partial charge in [0, 0.05) is 0 Å². The third kappa shape index (κ3) is 6.40. The quantitative estimate of drug-likeness (QED) is 0.192. The number of hydrazone groups is 1. The summed E-state index contributed by atoms with van der Waals surface area (Å²) in [7, 11) is 4.70. The molecule has 0 aromatic heterocycles. The Labute approximate surface area is 224 Å². The molecular weight excluding hydrogens is 536 g/mol. The first kappa shape index (κ1) is 26.0. The van der Waals surface area contributed by atoms with Crippen molar-refractivity contribution in [3.8, 4) is 23.0 Å². The SMILES string of the molecule is COc1ccc(CC(=O)N/N=C/c2cc(Br)c(OCc3cccc4ccccc34)c(OC)c2)cc1OC. The Hall–Kier alpha value is -4.04. The molecule has 37 heavy (non-hydrogen) atoms. The molecule has 4 aromatic rings. The zero-order valence-corrected chi connectivity index (χ0v) is 22.4. The van der Waals surface area contributed by atoms with Gasteiger partial charge in [-0.2, -0.15) is 5.10 Å². The van der Waals surface area contributed by atoms with E-state index < -0.39 is 0 Å². The van der Waals surface area contributed by atoms with Crippen molar-refractivity contribution in [1.29, 1.82) is 0 Å². The molecule has 0 bridgehead atoms. The van der Waals surface area contributed by atoms with Crippen molar-refractivity contribution in [2.24, 2.45) is 5.10 Å². The summed E-state index contributed by atoms with van der Waals surface area (Å²) in [6.45, 7) is 0.385. The molecule has 0 radical (unpaired) electrons. The normalized spacial score (nSPS) is 10.9. The Morgan fingerprint density at radius 1 is 0.892 bits per heavy atom. The summed E-state index contributed by atoms with van der Waals surface area (Å²) in [5, 5.41) is 6.40. The molecule has 0 heterocycles. The van der Waals surface area contributed by atoms with Gasteiger partial charge in [0.2, 0.25) is 5.91 Å². The lowest BCUT2D eigenvalue weighted by Gasteiger charge is -2.14. The van der Waals surface area contributed by atoms with Gasteiger partial charge < -0.3 is 18.9 Å². The van der Waals surface area contributed by atoms with Gasteiger partial charge in [0.1, 0.15) is 6.61 Å². The van der Waals surface area contributed by atoms with Gasteiger partial charge in [-0.25, -0.2) is 5.43 Å². The predicted octanol–water partition coefficient (Wildman–Crippen LogP) is 5.90. The number of nitrogens with one attached hydrogen (secondary N) is 1. The molecule has 0 unspecified atom stereocenters. The monoisotopic (exact) mass is 562 g/mol. The van der Waals surface area contributed by atoms with Crippen LogP contribution in [0.2, 0.25) is 0 Å². The van der Waals surface area contributed by atoms with Crippen LogP contribution in [0.4, 0.5) is 0 Å². The van der Waals surface area contributed by atoms with Gasteiger partial charge in [0.15, 0.2) is 23.0 Å². The maximum atomic E-state index is 12.4. The van der Waals surface area contributed by atoms with Crippen molar-refractivity contribution in [2.45, 2.75) is 13.0 Å². The fourth-order valence-corrected chi connectivity index (χ4v) is 4.49. The van der Waals surface area contributed by atoms with Crippen molar-refractivity contribution in [3.63, 3.8) is 0 Å². The van der Waals surface area contributed by atoms with E-state index in [1.807, 2.05) is 30.3 Å². The Balaban J connectivity index is 1.41. The lowest BCUT2D eigenvalue weighted by Crippen LogP contribution is -2.19. The van der Waals surface area contributed by atoms with Gasteiger partial charge in [-0.05, 0) is 67.7 Å². The first-order valence-corrected chi connectivity index (χ1v) is 12.3. The van der Waals surface area contributed by atoms with E-state index in [4.69, 9.17) is 18.9 Å². The largest absolute Gasteiger partial charge is 0.493 e. The number of nitrogens with zero attached hydrogens (tertiary/aromatic N) is 1. The fraction of sp³-hybridized carbons (Fsp3) is 0.172. The highest BCUT2D eigenvalue weighted by Gasteiger charge is 2.13. The van der Waals surface area contributed by atoms with Crippen LogP contribution in [-0.2, 0) is 17.8 Å². The van der Waals surface area contributed by atoms with Crippen LogP contribution in [0, 0.1) is 0 Å². The maximum Gasteiger partial charge on any atom is 0.244 e. The number of carbonyl (C=O) groups excluding carboxylic acids is 1. The maximum absolute atomic E-state index is 12.4. The van der Waals surface area contributed by atoms with E-state index in [-0.39, 0.29) is 12.3 Å². The first-order valence-electron chi connectivity index (χ1n) is 11.5. The number of ether oxygens (including phenoxy) is 4. The van der Waals surface area contributed by atoms with Crippen LogP contribution in [-0.4, -0.2) is 33.5 Å². The lowest BCUT2D eigenvalue weighted by molar-refractivity contribution is -0.120. The van der Waals surface area contributed by atoms with Crippen LogP contribution in [0.15, 0.2) is 82.4 Å². The predicted molar refractivity (Wildman–Crippen MR) is 148 cm³/mol. The third-order valence-electron chi connectivity index (χ3n) is 5.72. The molecule has 0 fully saturated rings. The van der Waals surface area contributed by atoms with Crippen LogP contribution in [0.25, 0.3) is 10.8 Å². The number of carbonyl (C=O) groups is 1. The number of benzene rings is 4. The highest BCUT2D eigenvalue weighted by molar-refractivity contribution is 9.10. The summed E-state index contributed by atoms with van der Waals surface area (Å²) in [5.74, 6) is 2.05. The number of fused-ring (bicyclic) bond motifs is 1. The molecule has 0 spiro atoms. The van der Waals surface area contributed by atoms with Crippen LogP contribution < -0.4 is 24.4 Å². The molecule has 0 aliphatic carbocycles. The zero-order valence-electron chi connectivity index (χ0n) is 20.8. The Morgan fingerprint density at radius 3 is 2.43 bits per heavy atom. The van der Waals surface area contributed by atoms with E-state index in [9.17, 15) is 4.79 Å². The highest BCUT2D eigenvalue weighted by Crippen LogP contribution is 2.37. The first-order chi connectivity index (χ1) is 18.0. The Bertz CT molecular complexity index is 1430. The fourth-order valence-electron chi connectivity index (χ4n) is 3.92. The second-order valence-corrected chi connectivity index (χ2v) is 8.97. The van der Waals surface area contributed by atoms with E-state index in [1.165, 1.54) is 0 Å². The minimum Gasteiger partial charge on any atom is -0.493 e. The number of amides is 1. The van der Waals surface area contributed by atoms with Crippen molar-refractivity contribution in [1.82, 2.24) is 5.43 Å². The van der Waals surface area contributed by atoms with Gasteiger partial charge >= 0.3 is 0 Å². The Morgan fingerprint density at radius 2 is 1.65 bits per heavy atom. The molecule has 4 rings (SSSR count). The van der Waals surface area contributed by atoms with Gasteiger partial charge in [-0.3, -0.25) is 4.79 Å². The average molecular weight is 563 g/mol. The molecule has 7 nitrogen and oxygen atoms in total. The standard InChI is InChI=1S/C29H27BrN2O5/c1-34-25-12-11-19(14-26(25)35-2)16-28(33)32-31-17-20-13-24(30)29(27(15-20)36-3)37-18-22-9-6-8-21-7-4-5-10-23(21)22/h4-15,17H,16,18H2,1-3H3,(H,32,33)/b31-17+. The summed E-state index contributed by atoms with van der Waals surface area (Å²) in [5.41, 5.74) is 5.14. The van der Waals surface area contributed by atoms with Crippen molar-refractivity contribution < 1.29 is 23.7 Å². The lowest BCUT2D eigenvalue weighted by atomic mass is 10.1. The van der Waals surface area contributed by atoms with Crippen molar-refractivity contribution in [3.05, 3.63) is 94.0 Å². The average Bonchev–Trinajstić information content (AvgIpc) is 2.92. The topological polar surface area (TPSA) is 78.4 Å². The van der Waals surface area contributed by atoms with E-state index in [2.05, 4.69) is 50.7 Å². The molecule has 0 saturated carbocycles. The van der Waals surface area contributed by atoms with Crippen LogP contribution in [0.5, 0.6) is 23.0 Å². The van der Waals surface area contributed by atoms with Gasteiger partial charge in [-0.15, -0.1) is 0 Å². The summed E-state index contributed by atoms with van der Waals surface area (Å²) >= 11 is 3.58. The van der Waals surface area contributed by atoms with Gasteiger partial charge in [0.25, 0.3) is 0 Å². The van der Waals surface area contributed by atoms with Crippen LogP contribution in [0.1, 0.15) is 16.7 Å². The van der Waals surface area contributed by atoms with Gasteiger partial charge in [-0.1, -0.05) is 48.5 Å². The number of hydrogen-bond acceptors (Lipinski definition) is 6. The minimum atomic E-state index is -0.260. The second kappa shape index (κ2) is 12.3. The number of rotatable bonds is 10. The molecule has 1 amide bonds. The summed E-state index contributed by atoms with van der Waals surface area (Å²) in [4.78, 5) is 12.4. The number of hydrogen-bond donors (Lipinski definition) is 1. The number of methoxy groups -OCH3 is 3. The van der Waals surface area contributed by atoms with E-state index >= 15 is 0 Å². The third-order valence-corrected chi connectivity index (χ3v) is 6.31. The summed E-state index contributed by atoms with van der Waals surface area (Å²) < 4.78 is 22.9. The molecule has 0 aliphatic heterocycles. The highest BCUT2D eigenvalue weighted by atomic mass is 79.9. The van der Waals surface area contributed by atoms with Crippen molar-refractivity contribution in [2.75, 3.05) is 21.3 Å². The molecule has 0 saturated heterocycles. The van der Waals surface area contributed by atoms with E-state index in [1.54, 1.807) is 45.7 Å². The summed E-state index contributed by atoms with van der Waals surface area (Å²) in [6.07, 6.45) is 1.69. The van der Waals surface area contributed by atoms with Crippen molar-refractivity contribution >= 4 is 38.8 Å². The minimum absolute atomic E-state index is 0.144. The zero-order chi connectivity index (χ0) is 26.2. The summed E-state index contributed by atoms with van der Waals surface area (Å²) in [6, 6.07) is 23.3. The van der Waals surface area contributed by atoms with E-state index in [0.717, 1.165) is 27.5 Å². The molecule has 8 heteroatoms. The van der Waals surface area contributed by atoms with Crippen LogP contribution in [0.3, 0.4) is 0 Å². The molecule has 0 aliphatic rings. The number of halogens is 1. The van der Waals surface area contributed by atoms with Crippen LogP contribution >= 0.6 is 15.9 Å². The molecule has 0 atom stereocenters. The Kier molecular flexibility index (Phi) is 8.64. The molecular formula is C29H27BrN2O5. The van der Waals surface area contributed by atoms with E-state index in [0.29, 0.717) is 34.1 Å². The molecule has 190 valence electrons. The smallest absolute Gasteiger partial charge is 0.244 e.